The van der Waals surface area contributed by atoms with E-state index in [1.165, 1.54) is 19.2 Å². The van der Waals surface area contributed by atoms with E-state index in [4.69, 9.17) is 23.2 Å². The van der Waals surface area contributed by atoms with Crippen LogP contribution in [0.4, 0.5) is 0 Å². The molecule has 3 nitrogen and oxygen atoms in total. The lowest BCUT2D eigenvalue weighted by Crippen LogP contribution is -2.30. The molecule has 5 heteroatoms. The van der Waals surface area contributed by atoms with Gasteiger partial charge in [-0.05, 0) is 24.1 Å². The summed E-state index contributed by atoms with van der Waals surface area (Å²) in [4.78, 5) is 23.9. The van der Waals surface area contributed by atoms with Crippen LogP contribution >= 0.6 is 23.2 Å². The van der Waals surface area contributed by atoms with Crippen molar-refractivity contribution in [2.24, 2.45) is 11.8 Å². The summed E-state index contributed by atoms with van der Waals surface area (Å²) < 4.78 is 4.65. The molecule has 0 aliphatic rings. The first kappa shape index (κ1) is 15.0. The molecule has 18 heavy (non-hydrogen) atoms. The molecule has 0 bridgehead atoms. The van der Waals surface area contributed by atoms with Gasteiger partial charge in [0.2, 0.25) is 0 Å². The van der Waals surface area contributed by atoms with Crippen molar-refractivity contribution in [2.75, 3.05) is 7.11 Å². The van der Waals surface area contributed by atoms with Crippen LogP contribution in [0.3, 0.4) is 0 Å². The summed E-state index contributed by atoms with van der Waals surface area (Å²) in [5.41, 5.74) is 0.355. The van der Waals surface area contributed by atoms with Crippen molar-refractivity contribution >= 4 is 35.0 Å². The lowest BCUT2D eigenvalue weighted by atomic mass is 9.88. The molecule has 0 spiro atoms. The zero-order valence-corrected chi connectivity index (χ0v) is 11.9. The molecule has 0 heterocycles. The predicted octanol–water partition coefficient (Wildman–Crippen LogP) is 3.62. The van der Waals surface area contributed by atoms with E-state index in [0.29, 0.717) is 10.6 Å². The Bertz CT molecular complexity index is 469. The number of Topliss-reactive ketones (excluding diaryl/α,β-unsaturated/α-hetero) is 1. The molecule has 0 saturated carbocycles. The van der Waals surface area contributed by atoms with E-state index in [-0.39, 0.29) is 16.7 Å². The van der Waals surface area contributed by atoms with E-state index in [0.717, 1.165) is 0 Å². The molecule has 1 aromatic rings. The minimum Gasteiger partial charge on any atom is -0.468 e. The smallest absolute Gasteiger partial charge is 0.316 e. The Hall–Kier alpha value is -1.06. The minimum atomic E-state index is -0.827. The molecule has 0 aliphatic heterocycles. The first-order valence-corrected chi connectivity index (χ1v) is 6.21. The van der Waals surface area contributed by atoms with Gasteiger partial charge in [0, 0.05) is 5.56 Å². The molecule has 1 unspecified atom stereocenters. The number of methoxy groups -OCH3 is 1. The maximum Gasteiger partial charge on any atom is 0.316 e. The van der Waals surface area contributed by atoms with Crippen molar-refractivity contribution in [3.05, 3.63) is 33.8 Å². The summed E-state index contributed by atoms with van der Waals surface area (Å²) in [7, 11) is 1.26. The molecule has 0 radical (unpaired) electrons. The highest BCUT2D eigenvalue weighted by atomic mass is 35.5. The Kier molecular flexibility index (Phi) is 5.17. The van der Waals surface area contributed by atoms with E-state index >= 15 is 0 Å². The van der Waals surface area contributed by atoms with Crippen LogP contribution in [0.1, 0.15) is 24.2 Å². The second-order valence-corrected chi connectivity index (χ2v) is 5.05. The normalized spacial score (nSPS) is 12.3. The fraction of sp³-hybridized carbons (Fsp3) is 0.385. The summed E-state index contributed by atoms with van der Waals surface area (Å²) in [6, 6.07) is 4.55. The number of carbonyl (C=O) groups is 2. The van der Waals surface area contributed by atoms with Gasteiger partial charge in [-0.15, -0.1) is 0 Å². The van der Waals surface area contributed by atoms with Gasteiger partial charge in [-0.25, -0.2) is 0 Å². The van der Waals surface area contributed by atoms with Gasteiger partial charge in [0.15, 0.2) is 5.78 Å². The number of ketones is 1. The first-order valence-electron chi connectivity index (χ1n) is 5.45. The molecule has 0 N–H and O–H groups in total. The van der Waals surface area contributed by atoms with Crippen LogP contribution in [0.25, 0.3) is 0 Å². The van der Waals surface area contributed by atoms with E-state index in [1.54, 1.807) is 19.9 Å². The Labute approximate surface area is 116 Å². The largest absolute Gasteiger partial charge is 0.468 e. The highest BCUT2D eigenvalue weighted by Gasteiger charge is 2.31. The van der Waals surface area contributed by atoms with Crippen LogP contribution in [0.5, 0.6) is 0 Å². The third-order valence-corrected chi connectivity index (χ3v) is 3.35. The van der Waals surface area contributed by atoms with Crippen LogP contribution in [0, 0.1) is 11.8 Å². The zero-order chi connectivity index (χ0) is 13.9. The number of benzene rings is 1. The Morgan fingerprint density at radius 2 is 1.78 bits per heavy atom. The van der Waals surface area contributed by atoms with Gasteiger partial charge < -0.3 is 4.74 Å². The SMILES string of the molecule is COC(=O)C(C(=O)c1ccc(Cl)c(Cl)c1)C(C)C. The van der Waals surface area contributed by atoms with Crippen molar-refractivity contribution in [1.29, 1.82) is 0 Å². The van der Waals surface area contributed by atoms with Crippen molar-refractivity contribution < 1.29 is 14.3 Å². The minimum absolute atomic E-state index is 0.153. The molecule has 1 atom stereocenters. The lowest BCUT2D eigenvalue weighted by molar-refractivity contribution is -0.144. The van der Waals surface area contributed by atoms with Gasteiger partial charge in [0.1, 0.15) is 5.92 Å². The third-order valence-electron chi connectivity index (χ3n) is 2.61. The quantitative estimate of drug-likeness (QED) is 0.483. The number of ether oxygens (including phenoxy) is 1. The molecular weight excluding hydrogens is 275 g/mol. The highest BCUT2D eigenvalue weighted by Crippen LogP contribution is 2.26. The molecular formula is C13H14Cl2O3. The number of hydrogen-bond acceptors (Lipinski definition) is 3. The average Bonchev–Trinajstić information content (AvgIpc) is 2.32. The predicted molar refractivity (Wildman–Crippen MR) is 71.1 cm³/mol. The van der Waals surface area contributed by atoms with Crippen LogP contribution in [-0.2, 0) is 9.53 Å². The van der Waals surface area contributed by atoms with Crippen molar-refractivity contribution in [3.63, 3.8) is 0 Å². The van der Waals surface area contributed by atoms with Gasteiger partial charge in [-0.3, -0.25) is 9.59 Å². The standard InChI is InChI=1S/C13H14Cl2O3/c1-7(2)11(13(17)18-3)12(16)8-4-5-9(14)10(15)6-8/h4-7,11H,1-3H3. The maximum atomic E-state index is 12.2. The maximum absolute atomic E-state index is 12.2. The Morgan fingerprint density at radius 1 is 1.17 bits per heavy atom. The van der Waals surface area contributed by atoms with Crippen LogP contribution in [0.2, 0.25) is 10.0 Å². The Balaban J connectivity index is 3.10. The van der Waals surface area contributed by atoms with E-state index in [1.807, 2.05) is 0 Å². The summed E-state index contributed by atoms with van der Waals surface area (Å²) in [5, 5.41) is 0.655. The number of esters is 1. The molecule has 0 fully saturated rings. The molecule has 98 valence electrons. The van der Waals surface area contributed by atoms with Crippen molar-refractivity contribution in [3.8, 4) is 0 Å². The average molecular weight is 289 g/mol. The second-order valence-electron chi connectivity index (χ2n) is 4.24. The van der Waals surface area contributed by atoms with Gasteiger partial charge >= 0.3 is 5.97 Å². The molecule has 1 aromatic carbocycles. The van der Waals surface area contributed by atoms with Gasteiger partial charge in [-0.1, -0.05) is 37.0 Å². The van der Waals surface area contributed by atoms with E-state index in [9.17, 15) is 9.59 Å². The number of rotatable bonds is 4. The molecule has 0 amide bonds. The van der Waals surface area contributed by atoms with E-state index in [2.05, 4.69) is 4.74 Å². The van der Waals surface area contributed by atoms with Crippen LogP contribution < -0.4 is 0 Å². The summed E-state index contributed by atoms with van der Waals surface area (Å²) in [6.07, 6.45) is 0. The van der Waals surface area contributed by atoms with Gasteiger partial charge in [0.25, 0.3) is 0 Å². The first-order chi connectivity index (χ1) is 8.38. The Morgan fingerprint density at radius 3 is 2.22 bits per heavy atom. The fourth-order valence-electron chi connectivity index (χ4n) is 1.64. The van der Waals surface area contributed by atoms with Gasteiger partial charge in [0.05, 0.1) is 17.2 Å². The topological polar surface area (TPSA) is 43.4 Å². The molecule has 0 saturated heterocycles. The molecule has 0 aromatic heterocycles. The summed E-state index contributed by atoms with van der Waals surface area (Å²) in [6.45, 7) is 3.58. The zero-order valence-electron chi connectivity index (χ0n) is 10.4. The number of hydrogen-bond donors (Lipinski definition) is 0. The van der Waals surface area contributed by atoms with Crippen LogP contribution in [-0.4, -0.2) is 18.9 Å². The molecule has 1 rings (SSSR count). The number of halogens is 2. The van der Waals surface area contributed by atoms with Gasteiger partial charge in [-0.2, -0.15) is 0 Å². The van der Waals surface area contributed by atoms with Crippen molar-refractivity contribution in [2.45, 2.75) is 13.8 Å². The second kappa shape index (κ2) is 6.21. The van der Waals surface area contributed by atoms with E-state index < -0.39 is 11.9 Å². The summed E-state index contributed by atoms with van der Waals surface area (Å²) in [5.74, 6) is -1.83. The lowest BCUT2D eigenvalue weighted by Gasteiger charge is -2.17. The molecule has 0 aliphatic carbocycles. The third kappa shape index (κ3) is 3.24. The number of carbonyl (C=O) groups excluding carboxylic acids is 2. The van der Waals surface area contributed by atoms with Crippen LogP contribution in [0.15, 0.2) is 18.2 Å². The fourth-order valence-corrected chi connectivity index (χ4v) is 1.94. The monoisotopic (exact) mass is 288 g/mol. The van der Waals surface area contributed by atoms with Crippen molar-refractivity contribution in [1.82, 2.24) is 0 Å². The highest BCUT2D eigenvalue weighted by molar-refractivity contribution is 6.42. The summed E-state index contributed by atoms with van der Waals surface area (Å²) >= 11 is 11.6.